The highest BCUT2D eigenvalue weighted by Crippen LogP contribution is 2.15. The van der Waals surface area contributed by atoms with Gasteiger partial charge in [-0.3, -0.25) is 14.3 Å². The molecule has 0 spiro atoms. The minimum atomic E-state index is -1.15. The van der Waals surface area contributed by atoms with E-state index in [-0.39, 0.29) is 22.5 Å². The number of pyridine rings is 1. The average molecular weight is 277 g/mol. The van der Waals surface area contributed by atoms with E-state index in [2.05, 4.69) is 9.97 Å². The predicted molar refractivity (Wildman–Crippen MR) is 73.2 cm³/mol. The zero-order chi connectivity index (χ0) is 15.0. The molecule has 0 atom stereocenters. The highest BCUT2D eigenvalue weighted by Gasteiger charge is 2.17. The Morgan fingerprint density at radius 2 is 2.10 bits per heavy atom. The number of H-pyrrole nitrogens is 1. The summed E-state index contributed by atoms with van der Waals surface area (Å²) < 4.78 is 1.36. The van der Waals surface area contributed by atoms with E-state index in [4.69, 9.17) is 5.11 Å². The zero-order valence-electron chi connectivity index (χ0n) is 11.4. The minimum Gasteiger partial charge on any atom is -0.478 e. The maximum Gasteiger partial charge on any atom is 0.337 e. The molecule has 0 fully saturated rings. The number of aromatic amines is 1. The van der Waals surface area contributed by atoms with Gasteiger partial charge in [-0.25, -0.2) is 14.6 Å². The van der Waals surface area contributed by atoms with Gasteiger partial charge in [0.05, 0.1) is 10.9 Å². The Hall–Kier alpha value is -2.44. The lowest BCUT2D eigenvalue weighted by molar-refractivity contribution is 0.0696. The largest absolute Gasteiger partial charge is 0.478 e. The van der Waals surface area contributed by atoms with Gasteiger partial charge in [0.25, 0.3) is 5.56 Å². The number of hydrogen-bond donors (Lipinski definition) is 2. The molecule has 20 heavy (non-hydrogen) atoms. The summed E-state index contributed by atoms with van der Waals surface area (Å²) in [4.78, 5) is 41.1. The Morgan fingerprint density at radius 1 is 1.45 bits per heavy atom. The molecule has 7 heteroatoms. The van der Waals surface area contributed by atoms with Crippen LogP contribution in [0.2, 0.25) is 0 Å². The third-order valence-corrected chi connectivity index (χ3v) is 3.05. The first-order chi connectivity index (χ1) is 9.32. The number of carboxylic acid groups (broad SMARTS) is 1. The van der Waals surface area contributed by atoms with Gasteiger partial charge in [-0.15, -0.1) is 0 Å². The fraction of sp³-hybridized carbons (Fsp3) is 0.385. The highest BCUT2D eigenvalue weighted by molar-refractivity contribution is 5.94. The molecule has 0 radical (unpaired) electrons. The number of fused-ring (bicyclic) bond motifs is 1. The summed E-state index contributed by atoms with van der Waals surface area (Å²) in [7, 11) is 0. The molecule has 7 nitrogen and oxygen atoms in total. The van der Waals surface area contributed by atoms with E-state index in [9.17, 15) is 14.4 Å². The summed E-state index contributed by atoms with van der Waals surface area (Å²) in [5.41, 5.74) is -0.668. The van der Waals surface area contributed by atoms with Crippen LogP contribution in [0.1, 0.15) is 29.8 Å². The SMILES string of the molecule is Cc1c(C(=O)O)cnc2c1c(=O)[nH]c(=O)n2CC(C)C. The Balaban J connectivity index is 2.92. The number of hydrogen-bond acceptors (Lipinski definition) is 4. The molecule has 0 unspecified atom stereocenters. The quantitative estimate of drug-likeness (QED) is 0.861. The summed E-state index contributed by atoms with van der Waals surface area (Å²) in [5.74, 6) is -0.971. The van der Waals surface area contributed by atoms with Gasteiger partial charge in [0.1, 0.15) is 5.65 Å². The Morgan fingerprint density at radius 3 is 2.65 bits per heavy atom. The van der Waals surface area contributed by atoms with Crippen molar-refractivity contribution < 1.29 is 9.90 Å². The molecule has 0 aliphatic heterocycles. The molecular weight excluding hydrogens is 262 g/mol. The smallest absolute Gasteiger partial charge is 0.337 e. The van der Waals surface area contributed by atoms with Crippen molar-refractivity contribution in [2.45, 2.75) is 27.3 Å². The van der Waals surface area contributed by atoms with Gasteiger partial charge >= 0.3 is 11.7 Å². The second-order valence-corrected chi connectivity index (χ2v) is 5.06. The molecule has 2 rings (SSSR count). The van der Waals surface area contributed by atoms with Crippen molar-refractivity contribution in [1.29, 1.82) is 0 Å². The van der Waals surface area contributed by atoms with E-state index in [1.165, 1.54) is 17.7 Å². The Labute approximate surface area is 113 Å². The molecular formula is C13H15N3O4. The zero-order valence-corrected chi connectivity index (χ0v) is 11.4. The van der Waals surface area contributed by atoms with Crippen molar-refractivity contribution in [3.05, 3.63) is 38.2 Å². The molecule has 2 N–H and O–H groups in total. The fourth-order valence-corrected chi connectivity index (χ4v) is 2.14. The van der Waals surface area contributed by atoms with Gasteiger partial charge < -0.3 is 5.11 Å². The number of carbonyl (C=O) groups is 1. The molecule has 106 valence electrons. The first-order valence-corrected chi connectivity index (χ1v) is 6.18. The number of aromatic nitrogens is 3. The van der Waals surface area contributed by atoms with E-state index in [1.807, 2.05) is 13.8 Å². The van der Waals surface area contributed by atoms with Gasteiger partial charge in [-0.1, -0.05) is 13.8 Å². The van der Waals surface area contributed by atoms with Crippen LogP contribution in [0.3, 0.4) is 0 Å². The summed E-state index contributed by atoms with van der Waals surface area (Å²) in [6.45, 7) is 5.79. The van der Waals surface area contributed by atoms with Gasteiger partial charge in [0.2, 0.25) is 0 Å². The number of aryl methyl sites for hydroxylation is 1. The van der Waals surface area contributed by atoms with Gasteiger partial charge in [-0.2, -0.15) is 0 Å². The minimum absolute atomic E-state index is 0.0438. The van der Waals surface area contributed by atoms with Crippen LogP contribution in [0.5, 0.6) is 0 Å². The normalized spacial score (nSPS) is 11.2. The van der Waals surface area contributed by atoms with E-state index >= 15 is 0 Å². The van der Waals surface area contributed by atoms with Gasteiger partial charge in [0.15, 0.2) is 0 Å². The van der Waals surface area contributed by atoms with Gasteiger partial charge in [0, 0.05) is 12.7 Å². The molecule has 2 heterocycles. The standard InChI is InChI=1S/C13H15N3O4/c1-6(2)5-16-10-9(11(17)15-13(16)20)7(3)8(4-14-10)12(18)19/h4,6H,5H2,1-3H3,(H,18,19)(H,15,17,20). The highest BCUT2D eigenvalue weighted by atomic mass is 16.4. The molecule has 0 bridgehead atoms. The number of carboxylic acids is 1. The van der Waals surface area contributed by atoms with E-state index in [1.54, 1.807) is 0 Å². The third-order valence-electron chi connectivity index (χ3n) is 3.05. The summed E-state index contributed by atoms with van der Waals surface area (Å²) in [6, 6.07) is 0. The number of nitrogens with zero attached hydrogens (tertiary/aromatic N) is 2. The van der Waals surface area contributed by atoms with Crippen LogP contribution in [-0.2, 0) is 6.54 Å². The number of aromatic carboxylic acids is 1. The fourth-order valence-electron chi connectivity index (χ4n) is 2.14. The first-order valence-electron chi connectivity index (χ1n) is 6.18. The molecule has 0 aliphatic rings. The lowest BCUT2D eigenvalue weighted by atomic mass is 10.1. The maximum absolute atomic E-state index is 11.9. The summed E-state index contributed by atoms with van der Waals surface area (Å²) in [6.07, 6.45) is 1.18. The van der Waals surface area contributed by atoms with Crippen molar-refractivity contribution >= 4 is 17.0 Å². The molecule has 0 saturated carbocycles. The van der Waals surface area contributed by atoms with Crippen molar-refractivity contribution in [2.24, 2.45) is 5.92 Å². The van der Waals surface area contributed by atoms with E-state index in [0.29, 0.717) is 12.1 Å². The van der Waals surface area contributed by atoms with E-state index in [0.717, 1.165) is 0 Å². The lowest BCUT2D eigenvalue weighted by Crippen LogP contribution is -2.32. The summed E-state index contributed by atoms with van der Waals surface area (Å²) >= 11 is 0. The van der Waals surface area contributed by atoms with Crippen LogP contribution in [0.15, 0.2) is 15.8 Å². The van der Waals surface area contributed by atoms with Crippen LogP contribution in [0, 0.1) is 12.8 Å². The summed E-state index contributed by atoms with van der Waals surface area (Å²) in [5, 5.41) is 9.21. The number of rotatable bonds is 3. The molecule has 0 amide bonds. The molecule has 2 aromatic rings. The monoisotopic (exact) mass is 277 g/mol. The molecule has 2 aromatic heterocycles. The average Bonchev–Trinajstić information content (AvgIpc) is 2.33. The van der Waals surface area contributed by atoms with Crippen molar-refractivity contribution in [2.75, 3.05) is 0 Å². The number of nitrogens with one attached hydrogen (secondary N) is 1. The first kappa shape index (κ1) is 14.0. The second-order valence-electron chi connectivity index (χ2n) is 5.06. The molecule has 0 aromatic carbocycles. The van der Waals surface area contributed by atoms with Crippen molar-refractivity contribution in [1.82, 2.24) is 14.5 Å². The lowest BCUT2D eigenvalue weighted by Gasteiger charge is -2.12. The Kier molecular flexibility index (Phi) is 3.44. The van der Waals surface area contributed by atoms with Crippen LogP contribution < -0.4 is 11.2 Å². The van der Waals surface area contributed by atoms with Crippen LogP contribution in [-0.4, -0.2) is 25.6 Å². The van der Waals surface area contributed by atoms with Crippen molar-refractivity contribution in [3.63, 3.8) is 0 Å². The predicted octanol–water partition coefficient (Wildman–Crippen LogP) is 0.747. The van der Waals surface area contributed by atoms with Crippen LogP contribution in [0.25, 0.3) is 11.0 Å². The third kappa shape index (κ3) is 2.22. The Bertz CT molecular complexity index is 802. The second kappa shape index (κ2) is 4.92. The van der Waals surface area contributed by atoms with Gasteiger partial charge in [-0.05, 0) is 18.4 Å². The molecule has 0 aliphatic carbocycles. The van der Waals surface area contributed by atoms with E-state index < -0.39 is 17.2 Å². The maximum atomic E-state index is 11.9. The van der Waals surface area contributed by atoms with Crippen LogP contribution in [0.4, 0.5) is 0 Å². The van der Waals surface area contributed by atoms with Crippen molar-refractivity contribution in [3.8, 4) is 0 Å². The van der Waals surface area contributed by atoms with Crippen LogP contribution >= 0.6 is 0 Å². The topological polar surface area (TPSA) is 105 Å². The molecule has 0 saturated heterocycles.